The van der Waals surface area contributed by atoms with Gasteiger partial charge in [-0.3, -0.25) is 4.79 Å². The Bertz CT molecular complexity index is 546. The zero-order valence-corrected chi connectivity index (χ0v) is 10.8. The highest BCUT2D eigenvalue weighted by Gasteiger charge is 2.11. The molecule has 0 saturated carbocycles. The predicted octanol–water partition coefficient (Wildman–Crippen LogP) is 2.60. The molecule has 1 aromatic heterocycles. The fourth-order valence-electron chi connectivity index (χ4n) is 1.85. The first-order valence-electron chi connectivity index (χ1n) is 6.32. The minimum Gasteiger partial charge on any atom is -0.356 e. The van der Waals surface area contributed by atoms with E-state index in [1.165, 1.54) is 0 Å². The van der Waals surface area contributed by atoms with Crippen LogP contribution >= 0.6 is 0 Å². The molecule has 0 aliphatic carbocycles. The molecule has 0 unspecified atom stereocenters. The van der Waals surface area contributed by atoms with E-state index in [0.717, 1.165) is 35.9 Å². The molecule has 0 saturated heterocycles. The summed E-state index contributed by atoms with van der Waals surface area (Å²) in [4.78, 5) is 11.7. The van der Waals surface area contributed by atoms with Crippen LogP contribution in [-0.2, 0) is 11.2 Å². The SMILES string of the molecule is CCCCNC(=O)Cc1noc2ccc(C)cc12. The number of hydrogen-bond donors (Lipinski definition) is 1. The molecule has 4 heteroatoms. The van der Waals surface area contributed by atoms with E-state index >= 15 is 0 Å². The van der Waals surface area contributed by atoms with E-state index in [9.17, 15) is 4.79 Å². The van der Waals surface area contributed by atoms with Crippen LogP contribution in [0, 0.1) is 6.92 Å². The smallest absolute Gasteiger partial charge is 0.226 e. The van der Waals surface area contributed by atoms with Crippen molar-refractivity contribution in [2.24, 2.45) is 0 Å². The molecule has 4 nitrogen and oxygen atoms in total. The first-order chi connectivity index (χ1) is 8.70. The van der Waals surface area contributed by atoms with E-state index in [1.807, 2.05) is 25.1 Å². The third-order valence-corrected chi connectivity index (χ3v) is 2.88. The third-order valence-electron chi connectivity index (χ3n) is 2.88. The van der Waals surface area contributed by atoms with Crippen molar-refractivity contribution in [2.45, 2.75) is 33.1 Å². The monoisotopic (exact) mass is 246 g/mol. The van der Waals surface area contributed by atoms with E-state index in [4.69, 9.17) is 4.52 Å². The molecular weight excluding hydrogens is 228 g/mol. The van der Waals surface area contributed by atoms with Gasteiger partial charge >= 0.3 is 0 Å². The van der Waals surface area contributed by atoms with Crippen LogP contribution in [0.5, 0.6) is 0 Å². The number of nitrogens with one attached hydrogen (secondary N) is 1. The number of benzene rings is 1. The van der Waals surface area contributed by atoms with Crippen LogP contribution in [0.3, 0.4) is 0 Å². The fraction of sp³-hybridized carbons (Fsp3) is 0.429. The topological polar surface area (TPSA) is 55.1 Å². The summed E-state index contributed by atoms with van der Waals surface area (Å²) in [6, 6.07) is 5.86. The Morgan fingerprint density at radius 3 is 3.06 bits per heavy atom. The minimum atomic E-state index is 0.000145. The summed E-state index contributed by atoms with van der Waals surface area (Å²) in [6.07, 6.45) is 2.36. The van der Waals surface area contributed by atoms with Gasteiger partial charge in [-0.2, -0.15) is 0 Å². The molecule has 0 bridgehead atoms. The van der Waals surface area contributed by atoms with Crippen LogP contribution in [0.15, 0.2) is 22.7 Å². The molecule has 1 amide bonds. The molecule has 0 fully saturated rings. The van der Waals surface area contributed by atoms with E-state index in [0.29, 0.717) is 5.69 Å². The molecule has 96 valence electrons. The maximum Gasteiger partial charge on any atom is 0.226 e. The Kier molecular flexibility index (Phi) is 3.97. The number of unbranched alkanes of at least 4 members (excludes halogenated alkanes) is 1. The van der Waals surface area contributed by atoms with E-state index in [2.05, 4.69) is 17.4 Å². The van der Waals surface area contributed by atoms with Gasteiger partial charge in [-0.25, -0.2) is 0 Å². The lowest BCUT2D eigenvalue weighted by Crippen LogP contribution is -2.26. The summed E-state index contributed by atoms with van der Waals surface area (Å²) >= 11 is 0. The van der Waals surface area contributed by atoms with Gasteiger partial charge in [0.25, 0.3) is 0 Å². The quantitative estimate of drug-likeness (QED) is 0.825. The number of aryl methyl sites for hydroxylation is 1. The highest BCUT2D eigenvalue weighted by molar-refractivity contribution is 5.86. The van der Waals surface area contributed by atoms with Crippen LogP contribution < -0.4 is 5.32 Å². The fourth-order valence-corrected chi connectivity index (χ4v) is 1.85. The maximum atomic E-state index is 11.7. The van der Waals surface area contributed by atoms with Crippen LogP contribution in [0.2, 0.25) is 0 Å². The molecule has 1 aromatic carbocycles. The van der Waals surface area contributed by atoms with Crippen molar-refractivity contribution in [1.82, 2.24) is 10.5 Å². The first-order valence-corrected chi connectivity index (χ1v) is 6.32. The molecule has 1 heterocycles. The maximum absolute atomic E-state index is 11.7. The highest BCUT2D eigenvalue weighted by atomic mass is 16.5. The number of hydrogen-bond acceptors (Lipinski definition) is 3. The summed E-state index contributed by atoms with van der Waals surface area (Å²) in [5, 5.41) is 7.78. The first kappa shape index (κ1) is 12.6. The van der Waals surface area contributed by atoms with E-state index in [-0.39, 0.29) is 12.3 Å². The van der Waals surface area contributed by atoms with Gasteiger partial charge in [0.05, 0.1) is 6.42 Å². The summed E-state index contributed by atoms with van der Waals surface area (Å²) in [6.45, 7) is 4.84. The van der Waals surface area contributed by atoms with Crippen molar-refractivity contribution < 1.29 is 9.32 Å². The van der Waals surface area contributed by atoms with Crippen LogP contribution in [0.25, 0.3) is 11.0 Å². The third kappa shape index (κ3) is 2.88. The Hall–Kier alpha value is -1.84. The molecular formula is C14H18N2O2. The van der Waals surface area contributed by atoms with Crippen LogP contribution in [0.1, 0.15) is 31.0 Å². The number of carbonyl (C=O) groups is 1. The average Bonchev–Trinajstić information content (AvgIpc) is 2.72. The molecule has 0 radical (unpaired) electrons. The van der Waals surface area contributed by atoms with Crippen molar-refractivity contribution in [3.8, 4) is 0 Å². The summed E-state index contributed by atoms with van der Waals surface area (Å²) < 4.78 is 5.20. The van der Waals surface area contributed by atoms with Gasteiger partial charge in [0, 0.05) is 11.9 Å². The van der Waals surface area contributed by atoms with E-state index in [1.54, 1.807) is 0 Å². The predicted molar refractivity (Wildman–Crippen MR) is 70.4 cm³/mol. The van der Waals surface area contributed by atoms with Crippen molar-refractivity contribution in [3.63, 3.8) is 0 Å². The van der Waals surface area contributed by atoms with Gasteiger partial charge in [0.1, 0.15) is 5.69 Å². The number of aromatic nitrogens is 1. The lowest BCUT2D eigenvalue weighted by atomic mass is 10.1. The van der Waals surface area contributed by atoms with Crippen molar-refractivity contribution >= 4 is 16.9 Å². The molecule has 2 aromatic rings. The lowest BCUT2D eigenvalue weighted by molar-refractivity contribution is -0.120. The second-order valence-corrected chi connectivity index (χ2v) is 4.51. The lowest BCUT2D eigenvalue weighted by Gasteiger charge is -2.02. The number of nitrogens with zero attached hydrogens (tertiary/aromatic N) is 1. The number of fused-ring (bicyclic) bond motifs is 1. The van der Waals surface area contributed by atoms with Crippen LogP contribution in [-0.4, -0.2) is 17.6 Å². The standard InChI is InChI=1S/C14H18N2O2/c1-3-4-7-15-14(17)9-12-11-8-10(2)5-6-13(11)18-16-12/h5-6,8H,3-4,7,9H2,1-2H3,(H,15,17). The zero-order chi connectivity index (χ0) is 13.0. The number of carbonyl (C=O) groups excluding carboxylic acids is 1. The Morgan fingerprint density at radius 2 is 2.28 bits per heavy atom. The van der Waals surface area contributed by atoms with Crippen LogP contribution in [0.4, 0.5) is 0 Å². The molecule has 0 atom stereocenters. The Morgan fingerprint density at radius 1 is 1.44 bits per heavy atom. The highest BCUT2D eigenvalue weighted by Crippen LogP contribution is 2.20. The molecule has 18 heavy (non-hydrogen) atoms. The zero-order valence-electron chi connectivity index (χ0n) is 10.8. The Labute approximate surface area is 106 Å². The van der Waals surface area contributed by atoms with Crippen molar-refractivity contribution in [2.75, 3.05) is 6.54 Å². The summed E-state index contributed by atoms with van der Waals surface area (Å²) in [5.74, 6) is 0.000145. The normalized spacial score (nSPS) is 10.8. The average molecular weight is 246 g/mol. The van der Waals surface area contributed by atoms with Gasteiger partial charge in [-0.15, -0.1) is 0 Å². The molecule has 0 aliphatic rings. The van der Waals surface area contributed by atoms with Crippen molar-refractivity contribution in [1.29, 1.82) is 0 Å². The van der Waals surface area contributed by atoms with Crippen molar-refractivity contribution in [3.05, 3.63) is 29.5 Å². The van der Waals surface area contributed by atoms with Gasteiger partial charge < -0.3 is 9.84 Å². The second-order valence-electron chi connectivity index (χ2n) is 4.51. The molecule has 0 aliphatic heterocycles. The van der Waals surface area contributed by atoms with Gasteiger partial charge in [0.2, 0.25) is 5.91 Å². The summed E-state index contributed by atoms with van der Waals surface area (Å²) in [7, 11) is 0. The minimum absolute atomic E-state index is 0.000145. The van der Waals surface area contributed by atoms with E-state index < -0.39 is 0 Å². The van der Waals surface area contributed by atoms with Gasteiger partial charge in [-0.05, 0) is 25.5 Å². The Balaban J connectivity index is 2.07. The molecule has 2 rings (SSSR count). The molecule has 0 spiro atoms. The second kappa shape index (κ2) is 5.67. The molecule has 1 N–H and O–H groups in total. The summed E-state index contributed by atoms with van der Waals surface area (Å²) in [5.41, 5.74) is 2.58. The number of amides is 1. The van der Waals surface area contributed by atoms with Gasteiger partial charge in [0.15, 0.2) is 5.58 Å². The van der Waals surface area contributed by atoms with Gasteiger partial charge in [-0.1, -0.05) is 30.1 Å². The largest absolute Gasteiger partial charge is 0.356 e. The number of rotatable bonds is 5.